The van der Waals surface area contributed by atoms with E-state index < -0.39 is 22.8 Å². The summed E-state index contributed by atoms with van der Waals surface area (Å²) in [7, 11) is 0. The van der Waals surface area contributed by atoms with Gasteiger partial charge in [0.2, 0.25) is 11.8 Å². The number of H-pyrrole nitrogens is 1. The molecule has 2 N–H and O–H groups in total. The predicted octanol–water partition coefficient (Wildman–Crippen LogP) is 3.73. The molecular formula is C16H19Cl4N4O6P. The predicted molar refractivity (Wildman–Crippen MR) is 117 cm³/mol. The maximum atomic E-state index is 11.4. The molecule has 2 aliphatic carbocycles. The fourth-order valence-corrected chi connectivity index (χ4v) is 3.22. The summed E-state index contributed by atoms with van der Waals surface area (Å²) in [6.45, 7) is 0. The maximum Gasteiger partial charge on any atom is 0.339 e. The zero-order chi connectivity index (χ0) is 23.3. The summed E-state index contributed by atoms with van der Waals surface area (Å²) in [6, 6.07) is 0.793. The molecule has 1 aliphatic heterocycles. The summed E-state index contributed by atoms with van der Waals surface area (Å²) in [5, 5.41) is -0.984. The Kier molecular flexibility index (Phi) is 9.21. The molecule has 1 aromatic rings. The van der Waals surface area contributed by atoms with Crippen LogP contribution in [0, 0.1) is 0 Å². The summed E-state index contributed by atoms with van der Waals surface area (Å²) in [5.41, 5.74) is -0.708. The molecule has 4 amide bonds. The first kappa shape index (κ1) is 25.9. The number of amides is 4. The van der Waals surface area contributed by atoms with Crippen LogP contribution < -0.4 is 16.6 Å². The molecule has 0 aromatic carbocycles. The second-order valence-electron chi connectivity index (χ2n) is 6.99. The van der Waals surface area contributed by atoms with E-state index in [9.17, 15) is 28.5 Å². The van der Waals surface area contributed by atoms with E-state index >= 15 is 0 Å². The summed E-state index contributed by atoms with van der Waals surface area (Å²) in [6.07, 6.45) is 5.49. The fraction of sp³-hybridized carbons (Fsp3) is 0.562. The van der Waals surface area contributed by atoms with E-state index in [0.29, 0.717) is 0 Å². The van der Waals surface area contributed by atoms with Crippen LogP contribution in [0.15, 0.2) is 15.7 Å². The lowest BCUT2D eigenvalue weighted by atomic mass is 9.91. The highest BCUT2D eigenvalue weighted by Crippen LogP contribution is 2.61. The van der Waals surface area contributed by atoms with Crippen LogP contribution in [0.3, 0.4) is 0 Å². The molecule has 3 fully saturated rings. The number of rotatable bonds is 2. The van der Waals surface area contributed by atoms with E-state index in [1.54, 1.807) is 0 Å². The number of aromatic amines is 1. The molecule has 0 bridgehead atoms. The Morgan fingerprint density at radius 3 is 1.84 bits per heavy atom. The summed E-state index contributed by atoms with van der Waals surface area (Å²) < 4.78 is 10.8. The zero-order valence-electron chi connectivity index (χ0n) is 16.0. The number of carbonyl (C=O) groups excluding carboxylic acids is 3. The van der Waals surface area contributed by atoms with Gasteiger partial charge in [-0.1, -0.05) is 11.6 Å². The van der Waals surface area contributed by atoms with Crippen LogP contribution in [0.2, 0.25) is 5.15 Å². The Morgan fingerprint density at radius 1 is 0.935 bits per heavy atom. The van der Waals surface area contributed by atoms with Crippen molar-refractivity contribution in [3.05, 3.63) is 32.1 Å². The van der Waals surface area contributed by atoms with Gasteiger partial charge in [0.25, 0.3) is 5.56 Å². The summed E-state index contributed by atoms with van der Waals surface area (Å²) >= 11 is 19.4. The maximum absolute atomic E-state index is 11.4. The van der Waals surface area contributed by atoms with Gasteiger partial charge in [-0.3, -0.25) is 38.7 Å². The highest BCUT2D eigenvalue weighted by Gasteiger charge is 2.38. The number of nitrogens with zero attached hydrogens (tertiary/aromatic N) is 2. The smallest absolute Gasteiger partial charge is 0.298 e. The lowest BCUT2D eigenvalue weighted by Crippen LogP contribution is -2.58. The quantitative estimate of drug-likeness (QED) is 0.336. The molecule has 0 spiro atoms. The highest BCUT2D eigenvalue weighted by molar-refractivity contribution is 8.24. The third-order valence-corrected chi connectivity index (χ3v) is 5.06. The van der Waals surface area contributed by atoms with Gasteiger partial charge in [0.1, 0.15) is 11.6 Å². The Labute approximate surface area is 195 Å². The van der Waals surface area contributed by atoms with Crippen molar-refractivity contribution in [1.29, 1.82) is 0 Å². The van der Waals surface area contributed by atoms with E-state index in [1.165, 1.54) is 15.5 Å². The van der Waals surface area contributed by atoms with Crippen LogP contribution >= 0.6 is 50.5 Å². The van der Waals surface area contributed by atoms with Crippen molar-refractivity contribution in [2.24, 2.45) is 0 Å². The molecule has 15 heteroatoms. The first-order valence-corrected chi connectivity index (χ1v) is 14.0. The monoisotopic (exact) mass is 534 g/mol. The number of barbiturate groups is 1. The molecule has 2 saturated carbocycles. The van der Waals surface area contributed by atoms with Crippen molar-refractivity contribution in [3.8, 4) is 0 Å². The molecule has 31 heavy (non-hydrogen) atoms. The van der Waals surface area contributed by atoms with Crippen molar-refractivity contribution >= 4 is 68.4 Å². The van der Waals surface area contributed by atoms with Crippen LogP contribution in [-0.2, 0) is 14.2 Å². The van der Waals surface area contributed by atoms with Crippen molar-refractivity contribution in [3.63, 3.8) is 0 Å². The summed E-state index contributed by atoms with van der Waals surface area (Å²) in [5.74, 6) is -0.857. The molecule has 10 nitrogen and oxygen atoms in total. The number of hydrogen-bond acceptors (Lipinski definition) is 6. The van der Waals surface area contributed by atoms with Gasteiger partial charge in [-0.25, -0.2) is 9.59 Å². The second-order valence-corrected chi connectivity index (χ2v) is 14.0. The molecule has 0 radical (unpaired) electrons. The Balaban J connectivity index is 0.000000182. The van der Waals surface area contributed by atoms with Gasteiger partial charge in [0.15, 0.2) is 0 Å². The molecule has 1 aromatic heterocycles. The molecule has 172 valence electrons. The minimum atomic E-state index is -3.22. The van der Waals surface area contributed by atoms with Gasteiger partial charge in [-0.15, -0.1) is 0 Å². The van der Waals surface area contributed by atoms with Crippen molar-refractivity contribution in [2.75, 3.05) is 0 Å². The lowest BCUT2D eigenvalue weighted by molar-refractivity contribution is -0.138. The number of nitrogens with one attached hydrogen (secondary N) is 2. The van der Waals surface area contributed by atoms with Crippen molar-refractivity contribution in [2.45, 2.75) is 57.0 Å². The Bertz CT molecular complexity index is 955. The molecular weight excluding hydrogens is 517 g/mol. The third kappa shape index (κ3) is 7.95. The molecule has 0 atom stereocenters. The average molecular weight is 536 g/mol. The number of urea groups is 1. The second kappa shape index (κ2) is 11.0. The van der Waals surface area contributed by atoms with Crippen LogP contribution in [0.1, 0.15) is 51.0 Å². The van der Waals surface area contributed by atoms with Crippen molar-refractivity contribution < 1.29 is 18.9 Å². The zero-order valence-corrected chi connectivity index (χ0v) is 19.9. The van der Waals surface area contributed by atoms with Gasteiger partial charge >= 0.3 is 16.9 Å². The molecule has 2 heterocycles. The van der Waals surface area contributed by atoms with Gasteiger partial charge in [0, 0.05) is 18.2 Å². The third-order valence-electron chi connectivity index (χ3n) is 4.86. The first-order valence-electron chi connectivity index (χ1n) is 9.23. The minimum absolute atomic E-state index is 0.0283. The fourth-order valence-electron chi connectivity index (χ4n) is 3.04. The number of aromatic nitrogens is 2. The SMILES string of the molecule is O=C1CC(=O)N(C2CCC2)C(=O)N1.O=P(Cl)(Cl)Cl.O=c1cc(Cl)[nH]c(=O)n1C1CCC1. The number of hydrogen-bond donors (Lipinski definition) is 2. The Morgan fingerprint density at radius 2 is 1.45 bits per heavy atom. The summed E-state index contributed by atoms with van der Waals surface area (Å²) in [4.78, 5) is 59.6. The number of imide groups is 2. The number of halogens is 4. The normalized spacial score (nSPS) is 19.2. The van der Waals surface area contributed by atoms with E-state index in [2.05, 4.69) is 44.0 Å². The highest BCUT2D eigenvalue weighted by atomic mass is 36.0. The van der Waals surface area contributed by atoms with Crippen LogP contribution in [0.4, 0.5) is 4.79 Å². The topological polar surface area (TPSA) is 138 Å². The minimum Gasteiger partial charge on any atom is -0.298 e. The lowest BCUT2D eigenvalue weighted by Gasteiger charge is -2.37. The van der Waals surface area contributed by atoms with E-state index in [0.717, 1.165) is 38.5 Å². The largest absolute Gasteiger partial charge is 0.339 e. The molecule has 3 aliphatic rings. The number of carbonyl (C=O) groups is 3. The molecule has 4 rings (SSSR count). The first-order chi connectivity index (χ1) is 14.4. The van der Waals surface area contributed by atoms with Crippen LogP contribution in [0.5, 0.6) is 0 Å². The van der Waals surface area contributed by atoms with Gasteiger partial charge < -0.3 is 0 Å². The average Bonchev–Trinajstić information content (AvgIpc) is 2.49. The Hall–Kier alpha value is -1.32. The van der Waals surface area contributed by atoms with Gasteiger partial charge in [-0.2, -0.15) is 0 Å². The van der Waals surface area contributed by atoms with E-state index in [1.807, 2.05) is 0 Å². The van der Waals surface area contributed by atoms with Gasteiger partial charge in [0.05, 0.1) is 0 Å². The van der Waals surface area contributed by atoms with E-state index in [-0.39, 0.29) is 35.1 Å². The van der Waals surface area contributed by atoms with Gasteiger partial charge in [-0.05, 0) is 72.2 Å². The van der Waals surface area contributed by atoms with Crippen LogP contribution in [0.25, 0.3) is 0 Å². The standard InChI is InChI=1S/C8H9ClN2O2.C8H10N2O3.Cl3OP/c9-6-4-7(12)11(8(13)10-6)5-2-1-3-5;11-6-4-7(12)10(8(13)9-6)5-2-1-3-5;1-5(2,3)4/h4-5H,1-3H2,(H,10,13);5H,1-4H2,(H,9,11,13);. The van der Waals surface area contributed by atoms with Crippen LogP contribution in [-0.4, -0.2) is 38.3 Å². The van der Waals surface area contributed by atoms with Crippen molar-refractivity contribution in [1.82, 2.24) is 19.8 Å². The molecule has 0 unspecified atom stereocenters. The van der Waals surface area contributed by atoms with E-state index in [4.69, 9.17) is 11.6 Å². The molecule has 1 saturated heterocycles.